The molecule has 0 bridgehead atoms. The van der Waals surface area contributed by atoms with E-state index in [4.69, 9.17) is 10.6 Å². The lowest BCUT2D eigenvalue weighted by atomic mass is 10.0. The summed E-state index contributed by atoms with van der Waals surface area (Å²) in [6, 6.07) is 1.73. The molecule has 1 heterocycles. The molecule has 0 spiro atoms. The molecule has 1 aliphatic rings. The standard InChI is InChI=1S/C11H12BrF3N2O/c12-8-3-6-1-2-18-10(6)7(4-8)5-9(17-16)11(13,14)15/h3-4,9,17H,1-2,5,16H2. The van der Waals surface area contributed by atoms with Gasteiger partial charge in [-0.1, -0.05) is 15.9 Å². The lowest BCUT2D eigenvalue weighted by Gasteiger charge is -2.20. The zero-order chi connectivity index (χ0) is 13.3. The quantitative estimate of drug-likeness (QED) is 0.662. The molecule has 1 aromatic carbocycles. The Labute approximate surface area is 111 Å². The van der Waals surface area contributed by atoms with Gasteiger partial charge >= 0.3 is 6.18 Å². The third-order valence-corrected chi connectivity index (χ3v) is 3.30. The smallest absolute Gasteiger partial charge is 0.405 e. The van der Waals surface area contributed by atoms with Gasteiger partial charge in [-0.3, -0.25) is 5.84 Å². The van der Waals surface area contributed by atoms with E-state index in [1.165, 1.54) is 0 Å². The van der Waals surface area contributed by atoms with Crippen molar-refractivity contribution in [3.63, 3.8) is 0 Å². The molecule has 0 saturated carbocycles. The maximum absolute atomic E-state index is 12.7. The van der Waals surface area contributed by atoms with Crippen LogP contribution in [0.15, 0.2) is 16.6 Å². The highest BCUT2D eigenvalue weighted by Crippen LogP contribution is 2.35. The lowest BCUT2D eigenvalue weighted by Crippen LogP contribution is -2.47. The van der Waals surface area contributed by atoms with Crippen molar-refractivity contribution in [3.8, 4) is 5.75 Å². The van der Waals surface area contributed by atoms with Crippen LogP contribution in [-0.2, 0) is 12.8 Å². The van der Waals surface area contributed by atoms with Crippen LogP contribution in [0, 0.1) is 0 Å². The molecule has 7 heteroatoms. The van der Waals surface area contributed by atoms with Gasteiger partial charge < -0.3 is 4.74 Å². The molecular formula is C11H12BrF3N2O. The summed E-state index contributed by atoms with van der Waals surface area (Å²) < 4.78 is 44.1. The summed E-state index contributed by atoms with van der Waals surface area (Å²) in [6.07, 6.45) is -3.92. The van der Waals surface area contributed by atoms with Gasteiger partial charge in [-0.15, -0.1) is 0 Å². The highest BCUT2D eigenvalue weighted by atomic mass is 79.9. The van der Waals surface area contributed by atoms with Gasteiger partial charge in [0.1, 0.15) is 11.8 Å². The molecule has 18 heavy (non-hydrogen) atoms. The second kappa shape index (κ2) is 5.07. The molecule has 0 aliphatic carbocycles. The summed E-state index contributed by atoms with van der Waals surface area (Å²) in [5.41, 5.74) is 3.24. The Bertz CT molecular complexity index is 451. The number of ether oxygens (including phenoxy) is 1. The Morgan fingerprint density at radius 1 is 1.44 bits per heavy atom. The van der Waals surface area contributed by atoms with E-state index in [0.29, 0.717) is 24.3 Å². The van der Waals surface area contributed by atoms with Crippen molar-refractivity contribution in [2.45, 2.75) is 25.1 Å². The van der Waals surface area contributed by atoms with Crippen LogP contribution in [0.1, 0.15) is 11.1 Å². The number of halogens is 4. The van der Waals surface area contributed by atoms with Gasteiger partial charge in [0.2, 0.25) is 0 Å². The minimum atomic E-state index is -4.39. The Morgan fingerprint density at radius 3 is 2.78 bits per heavy atom. The first-order chi connectivity index (χ1) is 8.41. The average molecular weight is 325 g/mol. The molecule has 0 radical (unpaired) electrons. The van der Waals surface area contributed by atoms with Crippen molar-refractivity contribution in [2.75, 3.05) is 6.61 Å². The van der Waals surface area contributed by atoms with Crippen LogP contribution in [0.25, 0.3) is 0 Å². The number of rotatable bonds is 3. The number of hydrogen-bond donors (Lipinski definition) is 2. The van der Waals surface area contributed by atoms with E-state index in [2.05, 4.69) is 15.9 Å². The monoisotopic (exact) mass is 324 g/mol. The molecule has 0 saturated heterocycles. The molecule has 2 rings (SSSR count). The third kappa shape index (κ3) is 2.78. The minimum absolute atomic E-state index is 0.248. The molecular weight excluding hydrogens is 313 g/mol. The first kappa shape index (κ1) is 13.6. The second-order valence-corrected chi connectivity index (χ2v) is 5.03. The van der Waals surface area contributed by atoms with E-state index in [1.54, 1.807) is 11.5 Å². The van der Waals surface area contributed by atoms with Gasteiger partial charge in [0.25, 0.3) is 0 Å². The van der Waals surface area contributed by atoms with Gasteiger partial charge in [0.05, 0.1) is 6.61 Å². The van der Waals surface area contributed by atoms with E-state index in [-0.39, 0.29) is 6.42 Å². The Kier molecular flexibility index (Phi) is 3.84. The minimum Gasteiger partial charge on any atom is -0.493 e. The highest BCUT2D eigenvalue weighted by molar-refractivity contribution is 9.10. The fourth-order valence-electron chi connectivity index (χ4n) is 1.99. The molecule has 1 atom stereocenters. The van der Waals surface area contributed by atoms with Crippen molar-refractivity contribution in [1.82, 2.24) is 5.43 Å². The van der Waals surface area contributed by atoms with E-state index in [1.807, 2.05) is 6.07 Å². The molecule has 0 amide bonds. The molecule has 1 aliphatic heterocycles. The molecule has 0 aromatic heterocycles. The second-order valence-electron chi connectivity index (χ2n) is 4.12. The Morgan fingerprint density at radius 2 is 2.17 bits per heavy atom. The summed E-state index contributed by atoms with van der Waals surface area (Å²) in [6.45, 7) is 0.505. The predicted molar refractivity (Wildman–Crippen MR) is 64.2 cm³/mol. The number of hydrogen-bond acceptors (Lipinski definition) is 3. The SMILES string of the molecule is NNC(Cc1cc(Br)cc2c1OCC2)C(F)(F)F. The van der Waals surface area contributed by atoms with Crippen LogP contribution in [0.2, 0.25) is 0 Å². The summed E-state index contributed by atoms with van der Waals surface area (Å²) in [5.74, 6) is 5.53. The average Bonchev–Trinajstić information content (AvgIpc) is 2.71. The normalized spacial score (nSPS) is 16.3. The van der Waals surface area contributed by atoms with Crippen LogP contribution in [0.3, 0.4) is 0 Å². The largest absolute Gasteiger partial charge is 0.493 e. The van der Waals surface area contributed by atoms with E-state index in [0.717, 1.165) is 10.0 Å². The van der Waals surface area contributed by atoms with Crippen LogP contribution in [0.4, 0.5) is 13.2 Å². The molecule has 100 valence electrons. The van der Waals surface area contributed by atoms with Gasteiger partial charge in [-0.05, 0) is 23.3 Å². The zero-order valence-corrected chi connectivity index (χ0v) is 10.9. The fraction of sp³-hybridized carbons (Fsp3) is 0.455. The van der Waals surface area contributed by atoms with Crippen LogP contribution < -0.4 is 16.0 Å². The zero-order valence-electron chi connectivity index (χ0n) is 9.35. The topological polar surface area (TPSA) is 47.3 Å². The maximum Gasteiger partial charge on any atom is 0.405 e. The Balaban J connectivity index is 2.29. The molecule has 1 aromatic rings. The number of nitrogens with one attached hydrogen (secondary N) is 1. The molecule has 0 fully saturated rings. The number of fused-ring (bicyclic) bond motifs is 1. The van der Waals surface area contributed by atoms with Gasteiger partial charge in [0, 0.05) is 17.3 Å². The summed E-state index contributed by atoms with van der Waals surface area (Å²) in [5, 5.41) is 0. The summed E-state index contributed by atoms with van der Waals surface area (Å²) in [7, 11) is 0. The number of benzene rings is 1. The van der Waals surface area contributed by atoms with E-state index >= 15 is 0 Å². The fourth-order valence-corrected chi connectivity index (χ4v) is 2.54. The van der Waals surface area contributed by atoms with Crippen molar-refractivity contribution in [3.05, 3.63) is 27.7 Å². The number of nitrogens with two attached hydrogens (primary N) is 1. The van der Waals surface area contributed by atoms with Crippen molar-refractivity contribution < 1.29 is 17.9 Å². The number of alkyl halides is 3. The maximum atomic E-state index is 12.7. The van der Waals surface area contributed by atoms with Crippen LogP contribution in [-0.4, -0.2) is 18.8 Å². The lowest BCUT2D eigenvalue weighted by molar-refractivity contribution is -0.155. The predicted octanol–water partition coefficient (Wildman–Crippen LogP) is 2.32. The van der Waals surface area contributed by atoms with Gasteiger partial charge in [-0.2, -0.15) is 13.2 Å². The van der Waals surface area contributed by atoms with Gasteiger partial charge in [0.15, 0.2) is 0 Å². The van der Waals surface area contributed by atoms with E-state index in [9.17, 15) is 13.2 Å². The van der Waals surface area contributed by atoms with Crippen molar-refractivity contribution in [1.29, 1.82) is 0 Å². The van der Waals surface area contributed by atoms with Crippen molar-refractivity contribution >= 4 is 15.9 Å². The van der Waals surface area contributed by atoms with Crippen molar-refractivity contribution in [2.24, 2.45) is 5.84 Å². The van der Waals surface area contributed by atoms with Crippen LogP contribution in [0.5, 0.6) is 5.75 Å². The number of hydrazine groups is 1. The molecule has 3 N–H and O–H groups in total. The molecule has 1 unspecified atom stereocenters. The highest BCUT2D eigenvalue weighted by Gasteiger charge is 2.39. The van der Waals surface area contributed by atoms with Crippen LogP contribution >= 0.6 is 15.9 Å². The Hall–Kier alpha value is -0.790. The van der Waals surface area contributed by atoms with E-state index < -0.39 is 12.2 Å². The third-order valence-electron chi connectivity index (χ3n) is 2.85. The summed E-state index contributed by atoms with van der Waals surface area (Å²) >= 11 is 3.29. The van der Waals surface area contributed by atoms with Gasteiger partial charge in [-0.25, -0.2) is 5.43 Å². The first-order valence-corrected chi connectivity index (χ1v) is 6.18. The summed E-state index contributed by atoms with van der Waals surface area (Å²) in [4.78, 5) is 0. The first-order valence-electron chi connectivity index (χ1n) is 5.38. The molecule has 3 nitrogen and oxygen atoms in total.